The van der Waals surface area contributed by atoms with E-state index in [-0.39, 0.29) is 11.6 Å². The van der Waals surface area contributed by atoms with E-state index in [2.05, 4.69) is 10.3 Å². The molecule has 0 spiro atoms. The van der Waals surface area contributed by atoms with Gasteiger partial charge >= 0.3 is 5.97 Å². The molecule has 1 aromatic rings. The van der Waals surface area contributed by atoms with Gasteiger partial charge in [-0.2, -0.15) is 0 Å². The second kappa shape index (κ2) is 7.59. The molecule has 0 aromatic carbocycles. The Labute approximate surface area is 169 Å². The molecule has 8 nitrogen and oxygen atoms in total. The predicted molar refractivity (Wildman–Crippen MR) is 107 cm³/mol. The number of aromatic nitrogens is 1. The Morgan fingerprint density at radius 1 is 1.36 bits per heavy atom. The van der Waals surface area contributed by atoms with E-state index in [1.165, 1.54) is 34.1 Å². The van der Waals surface area contributed by atoms with Gasteiger partial charge in [-0.3, -0.25) is 14.5 Å². The number of thioether (sulfide) groups is 1. The zero-order chi connectivity index (χ0) is 19.8. The average Bonchev–Trinajstić information content (AvgIpc) is 3.34. The number of carboxylic acid groups (broad SMARTS) is 1. The molecule has 148 valence electrons. The maximum Gasteiger partial charge on any atom is 0.352 e. The largest absolute Gasteiger partial charge is 0.477 e. The van der Waals surface area contributed by atoms with Gasteiger partial charge in [0.15, 0.2) is 5.13 Å². The summed E-state index contributed by atoms with van der Waals surface area (Å²) in [6.45, 7) is 0. The van der Waals surface area contributed by atoms with Crippen LogP contribution in [0.4, 0.5) is 5.13 Å². The summed E-state index contributed by atoms with van der Waals surface area (Å²) in [6, 6.07) is -0.747. The fourth-order valence-electron chi connectivity index (χ4n) is 3.81. The van der Waals surface area contributed by atoms with Gasteiger partial charge < -0.3 is 16.2 Å². The highest BCUT2D eigenvalue weighted by Crippen LogP contribution is 2.38. The third-order valence-corrected chi connectivity index (χ3v) is 7.05. The van der Waals surface area contributed by atoms with Gasteiger partial charge in [0.05, 0.1) is 11.3 Å². The molecule has 0 bridgehead atoms. The number of nitrogens with one attached hydrogen (secondary N) is 1. The molecule has 2 fully saturated rings. The Kier molecular flexibility index (Phi) is 5.15. The van der Waals surface area contributed by atoms with Crippen molar-refractivity contribution >= 4 is 51.6 Å². The van der Waals surface area contributed by atoms with Crippen molar-refractivity contribution < 1.29 is 19.5 Å². The number of β-lactam (4-membered cyclic amide) rings is 1. The Bertz CT molecular complexity index is 888. The molecule has 2 unspecified atom stereocenters. The number of amides is 2. The topological polar surface area (TPSA) is 126 Å². The highest BCUT2D eigenvalue weighted by Gasteiger charge is 2.52. The molecule has 10 heteroatoms. The number of nitrogens with zero attached hydrogens (tertiary/aromatic N) is 2. The molecule has 3 heterocycles. The number of aliphatic carboxylic acids is 1. The first kappa shape index (κ1) is 19.0. The van der Waals surface area contributed by atoms with Crippen LogP contribution in [0, 0.1) is 5.92 Å². The van der Waals surface area contributed by atoms with E-state index in [4.69, 9.17) is 5.73 Å². The van der Waals surface area contributed by atoms with Gasteiger partial charge in [-0.25, -0.2) is 9.78 Å². The molecule has 2 aliphatic heterocycles. The molecule has 2 amide bonds. The minimum absolute atomic E-state index is 0.0201. The Morgan fingerprint density at radius 3 is 2.75 bits per heavy atom. The molecule has 28 heavy (non-hydrogen) atoms. The maximum absolute atomic E-state index is 13.0. The van der Waals surface area contributed by atoms with Gasteiger partial charge in [0.25, 0.3) is 11.8 Å². The average molecular weight is 421 g/mol. The van der Waals surface area contributed by atoms with E-state index in [1.54, 1.807) is 5.38 Å². The number of fused-ring (bicyclic) bond motifs is 1. The number of anilines is 1. The second-order valence-corrected chi connectivity index (χ2v) is 9.01. The van der Waals surface area contributed by atoms with Crippen LogP contribution in [0.3, 0.4) is 0 Å². The van der Waals surface area contributed by atoms with Crippen LogP contribution in [0.25, 0.3) is 5.57 Å². The zero-order valence-electron chi connectivity index (χ0n) is 15.0. The highest BCUT2D eigenvalue weighted by molar-refractivity contribution is 8.00. The number of nitrogens with two attached hydrogens (primary N) is 1. The summed E-state index contributed by atoms with van der Waals surface area (Å²) in [7, 11) is 0. The van der Waals surface area contributed by atoms with Crippen LogP contribution >= 0.6 is 23.1 Å². The SMILES string of the molecule is Nc1nc(/C(=C/C2CCCC2)C(=O)NC2C(=O)N3C(C(=O)O)=CCSC23)cs1. The van der Waals surface area contributed by atoms with E-state index >= 15 is 0 Å². The third-order valence-electron chi connectivity index (χ3n) is 5.20. The first-order valence-corrected chi connectivity index (χ1v) is 11.0. The predicted octanol–water partition coefficient (Wildman–Crippen LogP) is 1.67. The lowest BCUT2D eigenvalue weighted by Gasteiger charge is -2.48. The lowest BCUT2D eigenvalue weighted by atomic mass is 10.00. The molecule has 4 N–H and O–H groups in total. The van der Waals surface area contributed by atoms with Crippen LogP contribution in [-0.4, -0.2) is 49.9 Å². The van der Waals surface area contributed by atoms with Crippen LogP contribution in [0.15, 0.2) is 23.2 Å². The number of carboxylic acids is 1. The van der Waals surface area contributed by atoms with E-state index in [0.717, 1.165) is 25.7 Å². The first-order valence-electron chi connectivity index (χ1n) is 9.08. The molecule has 1 aliphatic carbocycles. The van der Waals surface area contributed by atoms with Crippen LogP contribution in [0.1, 0.15) is 31.4 Å². The molecule has 0 radical (unpaired) electrons. The third kappa shape index (κ3) is 3.42. The van der Waals surface area contributed by atoms with E-state index in [1.807, 2.05) is 6.08 Å². The van der Waals surface area contributed by atoms with E-state index < -0.39 is 23.3 Å². The van der Waals surface area contributed by atoms with Crippen molar-refractivity contribution in [3.8, 4) is 0 Å². The van der Waals surface area contributed by atoms with E-state index in [0.29, 0.717) is 28.1 Å². The van der Waals surface area contributed by atoms with Crippen molar-refractivity contribution in [1.82, 2.24) is 15.2 Å². The van der Waals surface area contributed by atoms with Crippen LogP contribution in [-0.2, 0) is 14.4 Å². The summed E-state index contributed by atoms with van der Waals surface area (Å²) in [4.78, 5) is 42.3. The first-order chi connectivity index (χ1) is 13.5. The number of allylic oxidation sites excluding steroid dienone is 1. The van der Waals surface area contributed by atoms with Crippen molar-refractivity contribution in [2.24, 2.45) is 5.92 Å². The lowest BCUT2D eigenvalue weighted by molar-refractivity contribution is -0.150. The van der Waals surface area contributed by atoms with Crippen molar-refractivity contribution in [1.29, 1.82) is 0 Å². The highest BCUT2D eigenvalue weighted by atomic mass is 32.2. The number of carbonyl (C=O) groups excluding carboxylic acids is 2. The number of hydrogen-bond donors (Lipinski definition) is 3. The number of thiazole rings is 1. The van der Waals surface area contributed by atoms with Crippen LogP contribution in [0.2, 0.25) is 0 Å². The molecule has 3 aliphatic rings. The van der Waals surface area contributed by atoms with Gasteiger partial charge in [-0.15, -0.1) is 23.1 Å². The van der Waals surface area contributed by atoms with Crippen molar-refractivity contribution in [3.05, 3.63) is 28.9 Å². The minimum atomic E-state index is -1.14. The number of carbonyl (C=O) groups is 3. The monoisotopic (exact) mass is 420 g/mol. The standard InChI is InChI=1S/C18H20N4O4S2/c19-18-20-11(8-28-18)10(7-9-3-1-2-4-9)14(23)21-13-15(24)22-12(17(25)26)5-6-27-16(13)22/h5,7-9,13,16H,1-4,6H2,(H2,19,20)(H,21,23)(H,25,26)/b10-7-. The van der Waals surface area contributed by atoms with Gasteiger partial charge in [-0.05, 0) is 24.8 Å². The number of hydrogen-bond acceptors (Lipinski definition) is 7. The molecule has 1 saturated heterocycles. The Balaban J connectivity index is 1.53. The fraction of sp³-hybridized carbons (Fsp3) is 0.444. The quantitative estimate of drug-likeness (QED) is 0.489. The van der Waals surface area contributed by atoms with Gasteiger partial charge in [0, 0.05) is 11.1 Å². The molecular weight excluding hydrogens is 400 g/mol. The van der Waals surface area contributed by atoms with Crippen LogP contribution in [0.5, 0.6) is 0 Å². The van der Waals surface area contributed by atoms with Crippen molar-refractivity contribution in [2.45, 2.75) is 37.1 Å². The molecule has 1 aromatic heterocycles. The van der Waals surface area contributed by atoms with Gasteiger partial charge in [-0.1, -0.05) is 18.9 Å². The minimum Gasteiger partial charge on any atom is -0.477 e. The molecular formula is C18H20N4O4S2. The summed E-state index contributed by atoms with van der Waals surface area (Å²) >= 11 is 2.69. The van der Waals surface area contributed by atoms with Gasteiger partial charge in [0.2, 0.25) is 0 Å². The van der Waals surface area contributed by atoms with Gasteiger partial charge in [0.1, 0.15) is 17.1 Å². The maximum atomic E-state index is 13.0. The Hall–Kier alpha value is -2.33. The zero-order valence-corrected chi connectivity index (χ0v) is 16.6. The fourth-order valence-corrected chi connectivity index (χ4v) is 5.56. The van der Waals surface area contributed by atoms with Crippen molar-refractivity contribution in [3.63, 3.8) is 0 Å². The molecule has 2 atom stereocenters. The Morgan fingerprint density at radius 2 is 2.11 bits per heavy atom. The smallest absolute Gasteiger partial charge is 0.352 e. The summed E-state index contributed by atoms with van der Waals surface area (Å²) in [6.07, 6.45) is 7.77. The van der Waals surface area contributed by atoms with Crippen molar-refractivity contribution in [2.75, 3.05) is 11.5 Å². The summed E-state index contributed by atoms with van der Waals surface area (Å²) in [5, 5.41) is 13.8. The molecule has 4 rings (SSSR count). The summed E-state index contributed by atoms with van der Waals surface area (Å²) in [5.74, 6) is -1.12. The number of nitrogen functional groups attached to an aromatic ring is 1. The van der Waals surface area contributed by atoms with E-state index in [9.17, 15) is 19.5 Å². The number of rotatable bonds is 5. The normalized spacial score (nSPS) is 25.1. The summed E-state index contributed by atoms with van der Waals surface area (Å²) in [5.41, 5.74) is 6.66. The lowest BCUT2D eigenvalue weighted by Crippen LogP contribution is -2.70. The summed E-state index contributed by atoms with van der Waals surface area (Å²) < 4.78 is 0. The van der Waals surface area contributed by atoms with Crippen LogP contribution < -0.4 is 11.1 Å². The molecule has 1 saturated carbocycles. The second-order valence-electron chi connectivity index (χ2n) is 6.97.